The molecule has 1 heterocycles. The number of alkyl halides is 1. The van der Waals surface area contributed by atoms with Gasteiger partial charge in [0.15, 0.2) is 0 Å². The summed E-state index contributed by atoms with van der Waals surface area (Å²) in [5, 5.41) is 0. The zero-order valence-electron chi connectivity index (χ0n) is 17.6. The van der Waals surface area contributed by atoms with E-state index in [1.807, 2.05) is 67.6 Å². The fourth-order valence-electron chi connectivity index (χ4n) is 5.85. The van der Waals surface area contributed by atoms with Gasteiger partial charge < -0.3 is 4.74 Å². The lowest BCUT2D eigenvalue weighted by Gasteiger charge is -2.50. The van der Waals surface area contributed by atoms with E-state index in [9.17, 15) is 9.59 Å². The highest BCUT2D eigenvalue weighted by Gasteiger charge is 2.67. The van der Waals surface area contributed by atoms with Crippen LogP contribution >= 0.6 is 11.6 Å². The van der Waals surface area contributed by atoms with Crippen molar-refractivity contribution in [1.82, 2.24) is 0 Å². The number of ether oxygens (including phenoxy) is 1. The number of carbonyl (C=O) groups excluding carboxylic acids is 2. The minimum Gasteiger partial charge on any atom is -0.494 e. The smallest absolute Gasteiger partial charge is 0.240 e. The highest BCUT2D eigenvalue weighted by molar-refractivity contribution is 6.33. The van der Waals surface area contributed by atoms with Crippen molar-refractivity contribution in [3.8, 4) is 5.75 Å². The third kappa shape index (κ3) is 2.39. The van der Waals surface area contributed by atoms with E-state index in [1.54, 1.807) is 12.1 Å². The zero-order valence-corrected chi connectivity index (χ0v) is 18.4. The molecule has 3 aromatic rings. The summed E-state index contributed by atoms with van der Waals surface area (Å²) in [6, 6.07) is 23.1. The molecular formula is C27H22ClNO3. The van der Waals surface area contributed by atoms with Gasteiger partial charge in [-0.1, -0.05) is 55.5 Å². The molecule has 2 bridgehead atoms. The van der Waals surface area contributed by atoms with E-state index in [0.717, 1.165) is 34.4 Å². The van der Waals surface area contributed by atoms with Gasteiger partial charge in [0.1, 0.15) is 10.6 Å². The maximum absolute atomic E-state index is 13.8. The zero-order chi connectivity index (χ0) is 22.0. The maximum atomic E-state index is 13.8. The number of imide groups is 1. The molecule has 0 aromatic heterocycles. The molecule has 3 aromatic carbocycles. The van der Waals surface area contributed by atoms with Gasteiger partial charge in [0.2, 0.25) is 11.8 Å². The number of benzene rings is 3. The van der Waals surface area contributed by atoms with Crippen LogP contribution < -0.4 is 9.64 Å². The molecule has 0 spiro atoms. The molecule has 160 valence electrons. The third-order valence-electron chi connectivity index (χ3n) is 7.08. The van der Waals surface area contributed by atoms with E-state index in [0.29, 0.717) is 12.3 Å². The Morgan fingerprint density at radius 1 is 0.875 bits per heavy atom. The van der Waals surface area contributed by atoms with Gasteiger partial charge in [0, 0.05) is 5.92 Å². The molecule has 0 radical (unpaired) electrons. The standard InChI is InChI=1S/C27H22ClNO3/c1-2-15-32-17-13-11-16(12-14-17)29-25(30)23-22-18-7-3-5-9-20(18)27(28,24(23)26(29)31)21-10-6-4-8-19(21)22/h3-14,22-24H,2,15H2,1H3/t22?,23-,24-,27?/m0/s1. The molecule has 7 rings (SSSR count). The minimum atomic E-state index is -1.06. The Morgan fingerprint density at radius 3 is 2.06 bits per heavy atom. The first-order chi connectivity index (χ1) is 15.6. The van der Waals surface area contributed by atoms with Gasteiger partial charge in [-0.05, 0) is 52.9 Å². The first-order valence-electron chi connectivity index (χ1n) is 11.1. The quantitative estimate of drug-likeness (QED) is 0.410. The van der Waals surface area contributed by atoms with Crippen molar-refractivity contribution < 1.29 is 14.3 Å². The number of hydrogen-bond acceptors (Lipinski definition) is 3. The van der Waals surface area contributed by atoms with Gasteiger partial charge >= 0.3 is 0 Å². The van der Waals surface area contributed by atoms with Gasteiger partial charge in [-0.15, -0.1) is 11.6 Å². The number of anilines is 1. The van der Waals surface area contributed by atoms with Crippen molar-refractivity contribution in [2.24, 2.45) is 11.8 Å². The molecule has 0 saturated carbocycles. The fourth-order valence-corrected chi connectivity index (χ4v) is 6.42. The molecule has 1 fully saturated rings. The lowest BCUT2D eigenvalue weighted by Crippen LogP contribution is -2.50. The number of amides is 2. The van der Waals surface area contributed by atoms with Crippen LogP contribution in [0.3, 0.4) is 0 Å². The number of halogens is 1. The van der Waals surface area contributed by atoms with Gasteiger partial charge in [0.25, 0.3) is 0 Å². The van der Waals surface area contributed by atoms with Crippen molar-refractivity contribution in [2.75, 3.05) is 11.5 Å². The van der Waals surface area contributed by atoms with Crippen LogP contribution in [-0.2, 0) is 14.5 Å². The molecule has 0 unspecified atom stereocenters. The van der Waals surface area contributed by atoms with Gasteiger partial charge in [-0.3, -0.25) is 9.59 Å². The topological polar surface area (TPSA) is 46.6 Å². The second-order valence-corrected chi connectivity index (χ2v) is 9.32. The Balaban J connectivity index is 1.48. The fraction of sp³-hybridized carbons (Fsp3) is 0.259. The van der Waals surface area contributed by atoms with Gasteiger partial charge in [-0.2, -0.15) is 0 Å². The number of hydrogen-bond donors (Lipinski definition) is 0. The lowest BCUT2D eigenvalue weighted by atomic mass is 9.54. The SMILES string of the molecule is CCCOc1ccc(N2C(=O)[C@@H]3[C@@H](C2=O)C2c4ccccc4C3(Cl)c3ccccc32)cc1. The molecule has 4 nitrogen and oxygen atoms in total. The molecule has 2 atom stereocenters. The van der Waals surface area contributed by atoms with Crippen molar-refractivity contribution in [2.45, 2.75) is 24.1 Å². The van der Waals surface area contributed by atoms with Crippen LogP contribution in [0.15, 0.2) is 72.8 Å². The molecule has 0 N–H and O–H groups in total. The number of carbonyl (C=O) groups is 2. The summed E-state index contributed by atoms with van der Waals surface area (Å²) in [5.41, 5.74) is 4.55. The Hall–Kier alpha value is -3.11. The van der Waals surface area contributed by atoms with Crippen molar-refractivity contribution >= 4 is 29.1 Å². The average molecular weight is 444 g/mol. The summed E-state index contributed by atoms with van der Waals surface area (Å²) < 4.78 is 5.66. The van der Waals surface area contributed by atoms with E-state index in [4.69, 9.17) is 16.3 Å². The third-order valence-corrected chi connectivity index (χ3v) is 7.72. The van der Waals surface area contributed by atoms with Gasteiger partial charge in [0.05, 0.1) is 24.1 Å². The van der Waals surface area contributed by atoms with Crippen LogP contribution in [-0.4, -0.2) is 18.4 Å². The lowest BCUT2D eigenvalue weighted by molar-refractivity contribution is -0.122. The summed E-state index contributed by atoms with van der Waals surface area (Å²) in [5.74, 6) is -1.02. The average Bonchev–Trinajstić information content (AvgIpc) is 3.10. The van der Waals surface area contributed by atoms with Crippen LogP contribution in [0.4, 0.5) is 5.69 Å². The molecule has 32 heavy (non-hydrogen) atoms. The Kier molecular flexibility index (Phi) is 4.25. The minimum absolute atomic E-state index is 0.179. The number of nitrogens with zero attached hydrogens (tertiary/aromatic N) is 1. The largest absolute Gasteiger partial charge is 0.494 e. The van der Waals surface area contributed by atoms with E-state index < -0.39 is 16.7 Å². The predicted molar refractivity (Wildman–Crippen MR) is 123 cm³/mol. The van der Waals surface area contributed by atoms with E-state index >= 15 is 0 Å². The maximum Gasteiger partial charge on any atom is 0.240 e. The first-order valence-corrected chi connectivity index (χ1v) is 11.4. The van der Waals surface area contributed by atoms with E-state index in [2.05, 4.69) is 0 Å². The van der Waals surface area contributed by atoms with Crippen LogP contribution in [0, 0.1) is 11.8 Å². The highest BCUT2D eigenvalue weighted by Crippen LogP contribution is 2.65. The number of rotatable bonds is 4. The molecule has 2 amide bonds. The summed E-state index contributed by atoms with van der Waals surface area (Å²) >= 11 is 7.44. The van der Waals surface area contributed by atoms with Crippen LogP contribution in [0.25, 0.3) is 0 Å². The molecule has 3 aliphatic carbocycles. The van der Waals surface area contributed by atoms with Crippen LogP contribution in [0.5, 0.6) is 5.75 Å². The van der Waals surface area contributed by atoms with Crippen molar-refractivity contribution in [3.63, 3.8) is 0 Å². The summed E-state index contributed by atoms with van der Waals surface area (Å²) in [4.78, 5) is 27.9. The summed E-state index contributed by atoms with van der Waals surface area (Å²) in [6.07, 6.45) is 0.911. The monoisotopic (exact) mass is 443 g/mol. The summed E-state index contributed by atoms with van der Waals surface area (Å²) in [6.45, 7) is 2.67. The molecule has 1 saturated heterocycles. The molecule has 5 heteroatoms. The molecule has 1 aliphatic heterocycles. The normalized spacial score (nSPS) is 27.2. The van der Waals surface area contributed by atoms with Crippen LogP contribution in [0.2, 0.25) is 0 Å². The Bertz CT molecular complexity index is 1200. The highest BCUT2D eigenvalue weighted by atomic mass is 35.5. The second-order valence-electron chi connectivity index (χ2n) is 8.72. The van der Waals surface area contributed by atoms with E-state index in [-0.39, 0.29) is 17.7 Å². The van der Waals surface area contributed by atoms with Crippen molar-refractivity contribution in [1.29, 1.82) is 0 Å². The summed E-state index contributed by atoms with van der Waals surface area (Å²) in [7, 11) is 0. The van der Waals surface area contributed by atoms with Crippen molar-refractivity contribution in [3.05, 3.63) is 95.1 Å². The van der Waals surface area contributed by atoms with Crippen LogP contribution in [0.1, 0.15) is 41.5 Å². The Labute approximate surface area is 191 Å². The first kappa shape index (κ1) is 19.6. The van der Waals surface area contributed by atoms with Gasteiger partial charge in [-0.25, -0.2) is 4.90 Å². The predicted octanol–water partition coefficient (Wildman–Crippen LogP) is 5.22. The molecule has 4 aliphatic rings. The Morgan fingerprint density at radius 2 is 1.47 bits per heavy atom. The van der Waals surface area contributed by atoms with E-state index in [1.165, 1.54) is 4.90 Å². The second kappa shape index (κ2) is 6.94. The molecular weight excluding hydrogens is 422 g/mol.